The van der Waals surface area contributed by atoms with Gasteiger partial charge < -0.3 is 5.32 Å². The molecule has 2 atom stereocenters. The molecule has 1 N–H and O–H groups in total. The van der Waals surface area contributed by atoms with Gasteiger partial charge in [0.05, 0.1) is 11.5 Å². The van der Waals surface area contributed by atoms with Gasteiger partial charge in [0.2, 0.25) is 0 Å². The number of nitrogens with one attached hydrogen (secondary N) is 1. The second kappa shape index (κ2) is 6.67. The van der Waals surface area contributed by atoms with Crippen molar-refractivity contribution in [2.24, 2.45) is 11.3 Å². The topological polar surface area (TPSA) is 46.2 Å². The van der Waals surface area contributed by atoms with Gasteiger partial charge in [0, 0.05) is 6.04 Å². The van der Waals surface area contributed by atoms with Gasteiger partial charge >= 0.3 is 0 Å². The second-order valence-electron chi connectivity index (χ2n) is 7.55. The molecule has 1 aromatic carbocycles. The van der Waals surface area contributed by atoms with E-state index >= 15 is 0 Å². The Kier molecular flexibility index (Phi) is 5.28. The van der Waals surface area contributed by atoms with E-state index in [1.807, 2.05) is 12.1 Å². The summed E-state index contributed by atoms with van der Waals surface area (Å²) in [5.41, 5.74) is 1.19. The summed E-state index contributed by atoms with van der Waals surface area (Å²) in [6.07, 6.45) is 1.65. The fraction of sp³-hybridized carbons (Fsp3) is 0.647. The Morgan fingerprint density at radius 1 is 1.27 bits per heavy atom. The van der Waals surface area contributed by atoms with Crippen LogP contribution in [0, 0.1) is 17.2 Å². The highest BCUT2D eigenvalue weighted by Gasteiger charge is 2.29. The van der Waals surface area contributed by atoms with Crippen molar-refractivity contribution in [2.75, 3.05) is 18.1 Å². The standard InChI is InChI=1S/C17H26FNO2S/c1-17(2,3)10-16(14-4-6-15(18)7-5-14)19-11-13-8-9-22(20,21)12-13/h4-7,13,16,19H,8-12H2,1-3H3. The average molecular weight is 327 g/mol. The molecule has 0 bridgehead atoms. The molecule has 0 aliphatic carbocycles. The largest absolute Gasteiger partial charge is 0.310 e. The fourth-order valence-corrected chi connectivity index (χ4v) is 4.82. The summed E-state index contributed by atoms with van der Waals surface area (Å²) in [6, 6.07) is 6.69. The number of halogens is 1. The maximum absolute atomic E-state index is 13.1. The van der Waals surface area contributed by atoms with Gasteiger partial charge in [-0.3, -0.25) is 0 Å². The lowest BCUT2D eigenvalue weighted by Gasteiger charge is -2.28. The minimum atomic E-state index is -2.84. The van der Waals surface area contributed by atoms with E-state index in [4.69, 9.17) is 0 Å². The molecule has 0 amide bonds. The molecule has 0 saturated carbocycles. The van der Waals surface area contributed by atoms with E-state index in [1.165, 1.54) is 12.1 Å². The lowest BCUT2D eigenvalue weighted by Crippen LogP contribution is -2.30. The molecule has 124 valence electrons. The Balaban J connectivity index is 2.03. The summed E-state index contributed by atoms with van der Waals surface area (Å²) >= 11 is 0. The Labute approximate surface area is 133 Å². The average Bonchev–Trinajstić information content (AvgIpc) is 2.74. The summed E-state index contributed by atoms with van der Waals surface area (Å²) in [5.74, 6) is 0.541. The van der Waals surface area contributed by atoms with Gasteiger partial charge in [-0.25, -0.2) is 12.8 Å². The fourth-order valence-electron chi connectivity index (χ4n) is 2.96. The number of hydrogen-bond acceptors (Lipinski definition) is 3. The lowest BCUT2D eigenvalue weighted by molar-refractivity contribution is 0.303. The van der Waals surface area contributed by atoms with Crippen LogP contribution in [0.1, 0.15) is 45.2 Å². The molecular formula is C17H26FNO2S. The molecule has 1 aliphatic heterocycles. The first-order chi connectivity index (χ1) is 10.1. The first kappa shape index (κ1) is 17.4. The Bertz CT molecular complexity index is 590. The first-order valence-electron chi connectivity index (χ1n) is 7.84. The van der Waals surface area contributed by atoms with E-state index in [0.717, 1.165) is 18.4 Å². The van der Waals surface area contributed by atoms with Gasteiger partial charge in [-0.15, -0.1) is 0 Å². The van der Waals surface area contributed by atoms with Crippen LogP contribution >= 0.6 is 0 Å². The number of hydrogen-bond donors (Lipinski definition) is 1. The predicted octanol–water partition coefficient (Wildman–Crippen LogP) is 3.33. The molecule has 3 nitrogen and oxygen atoms in total. The van der Waals surface area contributed by atoms with Crippen LogP contribution in [-0.2, 0) is 9.84 Å². The van der Waals surface area contributed by atoms with Crippen molar-refractivity contribution in [3.8, 4) is 0 Å². The number of rotatable bonds is 5. The minimum absolute atomic E-state index is 0.115. The molecule has 1 heterocycles. The van der Waals surface area contributed by atoms with Gasteiger partial charge in [0.1, 0.15) is 5.82 Å². The van der Waals surface area contributed by atoms with Crippen LogP contribution in [0.15, 0.2) is 24.3 Å². The summed E-state index contributed by atoms with van der Waals surface area (Å²) in [6.45, 7) is 7.21. The number of benzene rings is 1. The summed E-state index contributed by atoms with van der Waals surface area (Å²) in [4.78, 5) is 0. The van der Waals surface area contributed by atoms with Crippen molar-refractivity contribution < 1.29 is 12.8 Å². The molecule has 1 aromatic rings. The third-order valence-electron chi connectivity index (χ3n) is 4.07. The molecule has 1 fully saturated rings. The van der Waals surface area contributed by atoms with Gasteiger partial charge in [-0.1, -0.05) is 32.9 Å². The van der Waals surface area contributed by atoms with Crippen LogP contribution < -0.4 is 5.32 Å². The normalized spacial score (nSPS) is 22.6. The molecule has 0 spiro atoms. The van der Waals surface area contributed by atoms with Gasteiger partial charge in [-0.05, 0) is 48.4 Å². The summed E-state index contributed by atoms with van der Waals surface area (Å²) in [7, 11) is -2.84. The number of sulfone groups is 1. The highest BCUT2D eigenvalue weighted by molar-refractivity contribution is 7.91. The van der Waals surface area contributed by atoms with E-state index in [1.54, 1.807) is 0 Å². The lowest BCUT2D eigenvalue weighted by atomic mass is 9.85. The molecule has 5 heteroatoms. The van der Waals surface area contributed by atoms with Crippen LogP contribution in [0.4, 0.5) is 4.39 Å². The van der Waals surface area contributed by atoms with E-state index in [2.05, 4.69) is 26.1 Å². The zero-order valence-corrected chi connectivity index (χ0v) is 14.4. The van der Waals surface area contributed by atoms with Gasteiger partial charge in [-0.2, -0.15) is 0 Å². The van der Waals surface area contributed by atoms with Crippen LogP contribution in [0.2, 0.25) is 0 Å². The van der Waals surface area contributed by atoms with Gasteiger partial charge in [0.25, 0.3) is 0 Å². The third kappa shape index (κ3) is 5.36. The smallest absolute Gasteiger partial charge is 0.150 e. The molecule has 1 saturated heterocycles. The minimum Gasteiger partial charge on any atom is -0.310 e. The zero-order valence-electron chi connectivity index (χ0n) is 13.6. The molecular weight excluding hydrogens is 301 g/mol. The Morgan fingerprint density at radius 3 is 2.41 bits per heavy atom. The summed E-state index contributed by atoms with van der Waals surface area (Å²) < 4.78 is 36.2. The van der Waals surface area contributed by atoms with Crippen LogP contribution in [0.3, 0.4) is 0 Å². The highest BCUT2D eigenvalue weighted by atomic mass is 32.2. The zero-order chi connectivity index (χ0) is 16.4. The molecule has 1 aliphatic rings. The predicted molar refractivity (Wildman–Crippen MR) is 88.0 cm³/mol. The second-order valence-corrected chi connectivity index (χ2v) is 9.77. The van der Waals surface area contributed by atoms with Crippen molar-refractivity contribution in [3.63, 3.8) is 0 Å². The van der Waals surface area contributed by atoms with Gasteiger partial charge in [0.15, 0.2) is 9.84 Å². The van der Waals surface area contributed by atoms with Crippen LogP contribution in [0.25, 0.3) is 0 Å². The van der Waals surface area contributed by atoms with Crippen molar-refractivity contribution >= 4 is 9.84 Å². The monoisotopic (exact) mass is 327 g/mol. The molecule has 2 unspecified atom stereocenters. The molecule has 22 heavy (non-hydrogen) atoms. The SMILES string of the molecule is CC(C)(C)CC(NCC1CCS(=O)(=O)C1)c1ccc(F)cc1. The molecule has 2 rings (SSSR count). The van der Waals surface area contributed by atoms with E-state index in [0.29, 0.717) is 12.3 Å². The maximum Gasteiger partial charge on any atom is 0.150 e. The van der Waals surface area contributed by atoms with Crippen molar-refractivity contribution in [1.82, 2.24) is 5.32 Å². The van der Waals surface area contributed by atoms with Crippen LogP contribution in [-0.4, -0.2) is 26.5 Å². The first-order valence-corrected chi connectivity index (χ1v) is 9.66. The quantitative estimate of drug-likeness (QED) is 0.902. The van der Waals surface area contributed by atoms with E-state index < -0.39 is 9.84 Å². The maximum atomic E-state index is 13.1. The molecule has 0 radical (unpaired) electrons. The van der Waals surface area contributed by atoms with Crippen molar-refractivity contribution in [1.29, 1.82) is 0 Å². The van der Waals surface area contributed by atoms with Crippen molar-refractivity contribution in [3.05, 3.63) is 35.6 Å². The van der Waals surface area contributed by atoms with E-state index in [9.17, 15) is 12.8 Å². The van der Waals surface area contributed by atoms with E-state index in [-0.39, 0.29) is 28.9 Å². The van der Waals surface area contributed by atoms with Crippen LogP contribution in [0.5, 0.6) is 0 Å². The van der Waals surface area contributed by atoms with Crippen molar-refractivity contribution in [2.45, 2.75) is 39.7 Å². The Hall–Kier alpha value is -0.940. The summed E-state index contributed by atoms with van der Waals surface area (Å²) in [5, 5.41) is 3.50. The Morgan fingerprint density at radius 2 is 1.91 bits per heavy atom. The molecule has 0 aromatic heterocycles. The highest BCUT2D eigenvalue weighted by Crippen LogP contribution is 2.30. The third-order valence-corrected chi connectivity index (χ3v) is 5.91.